The maximum atomic E-state index is 5.27. The van der Waals surface area contributed by atoms with Gasteiger partial charge in [0.05, 0.1) is 34.3 Å². The van der Waals surface area contributed by atoms with Crippen LogP contribution in [0.4, 0.5) is 0 Å². The molecule has 0 spiro atoms. The van der Waals surface area contributed by atoms with Crippen LogP contribution in [0.15, 0.2) is 116 Å². The third kappa shape index (κ3) is 2.99. The zero-order chi connectivity index (χ0) is 25.1. The molecule has 0 bridgehead atoms. The first kappa shape index (κ1) is 20.7. The summed E-state index contributed by atoms with van der Waals surface area (Å²) in [5.41, 5.74) is 9.51. The molecule has 6 heterocycles. The summed E-state index contributed by atoms with van der Waals surface area (Å²) in [4.78, 5) is 24.3. The number of hydrogen-bond donors (Lipinski definition) is 0. The van der Waals surface area contributed by atoms with E-state index in [2.05, 4.69) is 38.4 Å². The summed E-state index contributed by atoms with van der Waals surface area (Å²) in [5, 5.41) is 1.05. The van der Waals surface area contributed by atoms with Crippen LogP contribution in [0, 0.1) is 0 Å². The minimum absolute atomic E-state index is 0.735. The number of rotatable bonds is 3. The summed E-state index contributed by atoms with van der Waals surface area (Å²) in [6.45, 7) is 0. The highest BCUT2D eigenvalue weighted by molar-refractivity contribution is 6.11. The van der Waals surface area contributed by atoms with Crippen molar-refractivity contribution in [2.45, 2.75) is 0 Å². The average molecular weight is 490 g/mol. The van der Waals surface area contributed by atoms with Gasteiger partial charge in [-0.05, 0) is 54.6 Å². The second-order valence-electron chi connectivity index (χ2n) is 9.08. The third-order valence-electron chi connectivity index (χ3n) is 6.88. The van der Waals surface area contributed by atoms with Crippen molar-refractivity contribution >= 4 is 44.3 Å². The van der Waals surface area contributed by atoms with E-state index < -0.39 is 0 Å². The van der Waals surface area contributed by atoms with Crippen LogP contribution in [0.2, 0.25) is 0 Å². The Morgan fingerprint density at radius 3 is 2.03 bits per heavy atom. The number of aromatic nitrogens is 7. The highest BCUT2D eigenvalue weighted by Crippen LogP contribution is 2.35. The smallest absolute Gasteiger partial charge is 0.168 e. The van der Waals surface area contributed by atoms with Crippen LogP contribution in [0.5, 0.6) is 0 Å². The second kappa shape index (κ2) is 8.04. The monoisotopic (exact) mass is 489 g/mol. The molecule has 0 aliphatic carbocycles. The fraction of sp³-hybridized carbons (Fsp3) is 0. The minimum Gasteiger partial charge on any atom is -0.292 e. The molecule has 7 heteroatoms. The van der Waals surface area contributed by atoms with Gasteiger partial charge in [-0.2, -0.15) is 0 Å². The van der Waals surface area contributed by atoms with E-state index in [1.54, 1.807) is 12.4 Å². The van der Waals surface area contributed by atoms with Gasteiger partial charge in [0.2, 0.25) is 0 Å². The van der Waals surface area contributed by atoms with Crippen LogP contribution in [-0.2, 0) is 0 Å². The number of benzene rings is 2. The third-order valence-corrected chi connectivity index (χ3v) is 6.88. The van der Waals surface area contributed by atoms with E-state index in [1.165, 1.54) is 0 Å². The van der Waals surface area contributed by atoms with Gasteiger partial charge < -0.3 is 0 Å². The molecule has 178 valence electrons. The van der Waals surface area contributed by atoms with Crippen LogP contribution in [0.25, 0.3) is 67.0 Å². The van der Waals surface area contributed by atoms with Gasteiger partial charge in [-0.1, -0.05) is 42.5 Å². The maximum absolute atomic E-state index is 5.27. The van der Waals surface area contributed by atoms with Crippen molar-refractivity contribution in [2.75, 3.05) is 0 Å². The van der Waals surface area contributed by atoms with Gasteiger partial charge in [-0.15, -0.1) is 0 Å². The Morgan fingerprint density at radius 1 is 0.447 bits per heavy atom. The molecular formula is C31H19N7. The Bertz CT molecular complexity index is 2110. The van der Waals surface area contributed by atoms with Gasteiger partial charge >= 0.3 is 0 Å². The molecule has 2 aromatic carbocycles. The predicted octanol–water partition coefficient (Wildman–Crippen LogP) is 6.52. The molecule has 6 aromatic heterocycles. The van der Waals surface area contributed by atoms with E-state index in [9.17, 15) is 0 Å². The topological polar surface area (TPSA) is 74.3 Å². The molecular weight excluding hydrogens is 470 g/mol. The molecule has 0 unspecified atom stereocenters. The fourth-order valence-corrected chi connectivity index (χ4v) is 5.21. The first-order chi connectivity index (χ1) is 18.9. The van der Waals surface area contributed by atoms with Crippen molar-refractivity contribution in [3.05, 3.63) is 116 Å². The lowest BCUT2D eigenvalue weighted by Gasteiger charge is -2.09. The van der Waals surface area contributed by atoms with Gasteiger partial charge in [-0.25, -0.2) is 9.97 Å². The highest BCUT2D eigenvalue weighted by atomic mass is 15.1. The standard InChI is InChI=1S/C31H19N7/c1-2-9-20(10-3-1)37-25-13-5-4-11-22(25)27-30(37)36-31-29(35-27)28-26(14-8-18-33-28)38(31)21-15-16-24(34-19-21)23-12-6-7-17-32-23/h1-19H. The van der Waals surface area contributed by atoms with E-state index in [1.807, 2.05) is 79.0 Å². The fourth-order valence-electron chi connectivity index (χ4n) is 5.21. The number of hydrogen-bond acceptors (Lipinski definition) is 5. The zero-order valence-electron chi connectivity index (χ0n) is 20.1. The van der Waals surface area contributed by atoms with Crippen LogP contribution in [0.3, 0.4) is 0 Å². The Morgan fingerprint density at radius 2 is 1.18 bits per heavy atom. The number of fused-ring (bicyclic) bond motifs is 6. The Kier molecular flexibility index (Phi) is 4.39. The number of pyridine rings is 3. The molecule has 0 aliphatic rings. The van der Waals surface area contributed by atoms with Crippen molar-refractivity contribution in [1.82, 2.24) is 34.1 Å². The summed E-state index contributed by atoms with van der Waals surface area (Å²) in [5.74, 6) is 0. The molecule has 0 saturated carbocycles. The molecule has 38 heavy (non-hydrogen) atoms. The van der Waals surface area contributed by atoms with E-state index in [0.29, 0.717) is 0 Å². The SMILES string of the molecule is c1ccc(-n2c3ccccc3c3nc4c5ncccc5n(-c5ccc(-c6ccccn6)nc5)c4nc32)cc1. The Labute approximate surface area is 216 Å². The Balaban J connectivity index is 1.45. The van der Waals surface area contributed by atoms with Crippen molar-refractivity contribution in [2.24, 2.45) is 0 Å². The first-order valence-electron chi connectivity index (χ1n) is 12.4. The molecule has 0 saturated heterocycles. The zero-order valence-corrected chi connectivity index (χ0v) is 20.1. The molecule has 0 amide bonds. The first-order valence-corrected chi connectivity index (χ1v) is 12.4. The van der Waals surface area contributed by atoms with Crippen molar-refractivity contribution < 1.29 is 0 Å². The molecule has 0 N–H and O–H groups in total. The van der Waals surface area contributed by atoms with Crippen LogP contribution in [-0.4, -0.2) is 34.1 Å². The summed E-state index contributed by atoms with van der Waals surface area (Å²) < 4.78 is 4.27. The summed E-state index contributed by atoms with van der Waals surface area (Å²) >= 11 is 0. The van der Waals surface area contributed by atoms with Crippen molar-refractivity contribution in [3.8, 4) is 22.8 Å². The van der Waals surface area contributed by atoms with E-state index in [0.717, 1.165) is 67.0 Å². The normalized spacial score (nSPS) is 11.7. The lowest BCUT2D eigenvalue weighted by atomic mass is 10.2. The van der Waals surface area contributed by atoms with Crippen molar-refractivity contribution in [1.29, 1.82) is 0 Å². The lowest BCUT2D eigenvalue weighted by Crippen LogP contribution is -2.00. The van der Waals surface area contributed by atoms with Crippen molar-refractivity contribution in [3.63, 3.8) is 0 Å². The molecule has 0 fully saturated rings. The molecule has 7 nitrogen and oxygen atoms in total. The largest absolute Gasteiger partial charge is 0.292 e. The van der Waals surface area contributed by atoms with Gasteiger partial charge in [0, 0.05) is 23.5 Å². The molecule has 0 radical (unpaired) electrons. The molecule has 8 aromatic rings. The van der Waals surface area contributed by atoms with Crippen LogP contribution >= 0.6 is 0 Å². The lowest BCUT2D eigenvalue weighted by molar-refractivity contribution is 1.09. The predicted molar refractivity (Wildman–Crippen MR) is 150 cm³/mol. The highest BCUT2D eigenvalue weighted by Gasteiger charge is 2.21. The van der Waals surface area contributed by atoms with E-state index in [4.69, 9.17) is 19.9 Å². The minimum atomic E-state index is 0.735. The quantitative estimate of drug-likeness (QED) is 0.282. The van der Waals surface area contributed by atoms with Gasteiger partial charge in [0.1, 0.15) is 16.6 Å². The Hall–Kier alpha value is -5.43. The molecule has 0 aliphatic heterocycles. The van der Waals surface area contributed by atoms with Crippen LogP contribution in [0.1, 0.15) is 0 Å². The van der Waals surface area contributed by atoms with Crippen LogP contribution < -0.4 is 0 Å². The summed E-state index contributed by atoms with van der Waals surface area (Å²) in [6, 6.07) is 32.4. The molecule has 0 atom stereocenters. The number of para-hydroxylation sites is 2. The average Bonchev–Trinajstić information content (AvgIpc) is 3.49. The molecule has 8 rings (SSSR count). The van der Waals surface area contributed by atoms with Gasteiger partial charge in [0.25, 0.3) is 0 Å². The summed E-state index contributed by atoms with van der Waals surface area (Å²) in [7, 11) is 0. The summed E-state index contributed by atoms with van der Waals surface area (Å²) in [6.07, 6.45) is 5.43. The number of nitrogens with zero attached hydrogens (tertiary/aromatic N) is 7. The van der Waals surface area contributed by atoms with E-state index >= 15 is 0 Å². The van der Waals surface area contributed by atoms with Gasteiger partial charge in [-0.3, -0.25) is 24.1 Å². The second-order valence-corrected chi connectivity index (χ2v) is 9.08. The van der Waals surface area contributed by atoms with E-state index in [-0.39, 0.29) is 0 Å². The maximum Gasteiger partial charge on any atom is 0.168 e. The van der Waals surface area contributed by atoms with Gasteiger partial charge in [0.15, 0.2) is 11.3 Å².